The molecule has 2 rings (SSSR count). The van der Waals surface area contributed by atoms with Crippen molar-refractivity contribution in [3.63, 3.8) is 0 Å². The molecule has 0 aliphatic carbocycles. The lowest BCUT2D eigenvalue weighted by molar-refractivity contribution is 0.0702. The minimum Gasteiger partial charge on any atom is -0.477 e. The molecular weight excluding hydrogens is 202 g/mol. The molecule has 0 unspecified atom stereocenters. The summed E-state index contributed by atoms with van der Waals surface area (Å²) in [6.45, 7) is 1.28. The maximum absolute atomic E-state index is 10.6. The van der Waals surface area contributed by atoms with Gasteiger partial charge in [-0.25, -0.2) is 9.78 Å². The Labute approximate surface area is 84.9 Å². The summed E-state index contributed by atoms with van der Waals surface area (Å²) in [4.78, 5) is 15.0. The molecule has 1 N–H and O–H groups in total. The predicted molar refractivity (Wildman–Crippen MR) is 52.5 cm³/mol. The van der Waals surface area contributed by atoms with Crippen LogP contribution in [0.5, 0.6) is 0 Å². The highest BCUT2D eigenvalue weighted by molar-refractivity contribution is 7.14. The summed E-state index contributed by atoms with van der Waals surface area (Å²) in [6, 6.07) is 0. The summed E-state index contributed by atoms with van der Waals surface area (Å²) in [5.74, 6) is -0.915. The molecule has 0 bridgehead atoms. The van der Waals surface area contributed by atoms with Crippen molar-refractivity contribution in [1.29, 1.82) is 0 Å². The molecule has 2 heterocycles. The number of rotatable bonds is 2. The highest BCUT2D eigenvalue weighted by atomic mass is 32.1. The Hall–Kier alpha value is -1.20. The SMILES string of the molecule is O=C(O)c1cnc(C2=CCOCC2)s1. The molecule has 0 saturated heterocycles. The monoisotopic (exact) mass is 211 g/mol. The van der Waals surface area contributed by atoms with E-state index >= 15 is 0 Å². The first-order valence-corrected chi connectivity index (χ1v) is 5.05. The van der Waals surface area contributed by atoms with Gasteiger partial charge in [-0.2, -0.15) is 0 Å². The first kappa shape index (κ1) is 9.36. The first-order chi connectivity index (χ1) is 6.77. The van der Waals surface area contributed by atoms with E-state index in [2.05, 4.69) is 4.98 Å². The third-order valence-corrected chi connectivity index (χ3v) is 3.02. The number of aromatic nitrogens is 1. The minimum atomic E-state index is -0.915. The molecule has 0 spiro atoms. The number of ether oxygens (including phenoxy) is 1. The smallest absolute Gasteiger partial charge is 0.347 e. The van der Waals surface area contributed by atoms with Gasteiger partial charge in [0.05, 0.1) is 19.4 Å². The number of aromatic carboxylic acids is 1. The van der Waals surface area contributed by atoms with E-state index in [1.807, 2.05) is 6.08 Å². The quantitative estimate of drug-likeness (QED) is 0.808. The molecule has 0 saturated carbocycles. The average Bonchev–Trinajstić information content (AvgIpc) is 2.68. The van der Waals surface area contributed by atoms with Crippen LogP contribution in [0.4, 0.5) is 0 Å². The second-order valence-corrected chi connectivity index (χ2v) is 3.92. The summed E-state index contributed by atoms with van der Waals surface area (Å²) in [5, 5.41) is 9.52. The van der Waals surface area contributed by atoms with Gasteiger partial charge in [0.1, 0.15) is 9.88 Å². The van der Waals surface area contributed by atoms with Gasteiger partial charge in [0.25, 0.3) is 0 Å². The standard InChI is InChI=1S/C9H9NO3S/c11-9(12)7-5-10-8(14-7)6-1-3-13-4-2-6/h1,5H,2-4H2,(H,11,12). The lowest BCUT2D eigenvalue weighted by Crippen LogP contribution is -2.03. The second kappa shape index (κ2) is 3.89. The fourth-order valence-corrected chi connectivity index (χ4v) is 2.07. The van der Waals surface area contributed by atoms with E-state index in [4.69, 9.17) is 9.84 Å². The zero-order chi connectivity index (χ0) is 9.97. The van der Waals surface area contributed by atoms with E-state index in [-0.39, 0.29) is 4.88 Å². The number of nitrogens with zero attached hydrogens (tertiary/aromatic N) is 1. The number of carboxylic acids is 1. The summed E-state index contributed by atoms with van der Waals surface area (Å²) in [6.07, 6.45) is 4.17. The molecule has 0 aromatic carbocycles. The molecule has 4 nitrogen and oxygen atoms in total. The van der Waals surface area contributed by atoms with Gasteiger partial charge in [0, 0.05) is 0 Å². The predicted octanol–water partition coefficient (Wildman–Crippen LogP) is 1.65. The number of hydrogen-bond donors (Lipinski definition) is 1. The molecule has 5 heteroatoms. The maximum Gasteiger partial charge on any atom is 0.347 e. The van der Waals surface area contributed by atoms with E-state index in [0.29, 0.717) is 13.2 Å². The average molecular weight is 211 g/mol. The van der Waals surface area contributed by atoms with Gasteiger partial charge in [0.15, 0.2) is 0 Å². The fraction of sp³-hybridized carbons (Fsp3) is 0.333. The molecule has 0 radical (unpaired) electrons. The molecule has 14 heavy (non-hydrogen) atoms. The van der Waals surface area contributed by atoms with Crippen molar-refractivity contribution < 1.29 is 14.6 Å². The van der Waals surface area contributed by atoms with Gasteiger partial charge in [-0.05, 0) is 12.0 Å². The van der Waals surface area contributed by atoms with Gasteiger partial charge < -0.3 is 9.84 Å². The van der Waals surface area contributed by atoms with Crippen molar-refractivity contribution in [1.82, 2.24) is 4.98 Å². The summed E-state index contributed by atoms with van der Waals surface area (Å²) in [7, 11) is 0. The third kappa shape index (κ3) is 1.83. The molecule has 0 atom stereocenters. The molecular formula is C9H9NO3S. The zero-order valence-corrected chi connectivity index (χ0v) is 8.21. The Bertz CT molecular complexity index is 383. The van der Waals surface area contributed by atoms with E-state index in [9.17, 15) is 4.79 Å². The molecule has 0 amide bonds. The summed E-state index contributed by atoms with van der Waals surface area (Å²) in [5.41, 5.74) is 1.09. The molecule has 1 aliphatic rings. The molecule has 1 aromatic heterocycles. The van der Waals surface area contributed by atoms with Crippen LogP contribution in [0.25, 0.3) is 5.57 Å². The maximum atomic E-state index is 10.6. The van der Waals surface area contributed by atoms with Crippen molar-refractivity contribution in [2.75, 3.05) is 13.2 Å². The fourth-order valence-electron chi connectivity index (χ4n) is 1.24. The van der Waals surface area contributed by atoms with E-state index in [0.717, 1.165) is 17.0 Å². The van der Waals surface area contributed by atoms with Gasteiger partial charge in [-0.3, -0.25) is 0 Å². The number of carboxylic acid groups (broad SMARTS) is 1. The number of hydrogen-bond acceptors (Lipinski definition) is 4. The van der Waals surface area contributed by atoms with Gasteiger partial charge in [0.2, 0.25) is 0 Å². The lowest BCUT2D eigenvalue weighted by Gasteiger charge is -2.10. The van der Waals surface area contributed by atoms with E-state index < -0.39 is 5.97 Å². The van der Waals surface area contributed by atoms with Crippen molar-refractivity contribution >= 4 is 22.9 Å². The van der Waals surface area contributed by atoms with Crippen molar-refractivity contribution in [2.45, 2.75) is 6.42 Å². The van der Waals surface area contributed by atoms with Crippen molar-refractivity contribution in [3.8, 4) is 0 Å². The van der Waals surface area contributed by atoms with Crippen LogP contribution in [0, 0.1) is 0 Å². The van der Waals surface area contributed by atoms with Crippen LogP contribution in [-0.4, -0.2) is 29.3 Å². The van der Waals surface area contributed by atoms with Crippen LogP contribution < -0.4 is 0 Å². The van der Waals surface area contributed by atoms with Gasteiger partial charge in [-0.1, -0.05) is 6.08 Å². The topological polar surface area (TPSA) is 59.4 Å². The van der Waals surface area contributed by atoms with Crippen LogP contribution in [0.15, 0.2) is 12.3 Å². The second-order valence-electron chi connectivity index (χ2n) is 2.89. The van der Waals surface area contributed by atoms with Crippen LogP contribution in [0.1, 0.15) is 21.1 Å². The molecule has 0 fully saturated rings. The largest absolute Gasteiger partial charge is 0.477 e. The molecule has 74 valence electrons. The first-order valence-electron chi connectivity index (χ1n) is 4.23. The molecule has 1 aromatic rings. The Morgan fingerprint density at radius 1 is 1.64 bits per heavy atom. The summed E-state index contributed by atoms with van der Waals surface area (Å²) >= 11 is 1.21. The van der Waals surface area contributed by atoms with Crippen LogP contribution in [-0.2, 0) is 4.74 Å². The van der Waals surface area contributed by atoms with Crippen molar-refractivity contribution in [3.05, 3.63) is 22.2 Å². The Morgan fingerprint density at radius 2 is 2.50 bits per heavy atom. The highest BCUT2D eigenvalue weighted by Crippen LogP contribution is 2.25. The normalized spacial score (nSPS) is 16.4. The zero-order valence-electron chi connectivity index (χ0n) is 7.40. The Morgan fingerprint density at radius 3 is 3.07 bits per heavy atom. The Balaban J connectivity index is 2.23. The van der Waals surface area contributed by atoms with Crippen LogP contribution in [0.3, 0.4) is 0 Å². The van der Waals surface area contributed by atoms with Crippen LogP contribution >= 0.6 is 11.3 Å². The number of carbonyl (C=O) groups is 1. The Kier molecular flexibility index (Phi) is 2.60. The lowest BCUT2D eigenvalue weighted by atomic mass is 10.2. The van der Waals surface area contributed by atoms with E-state index in [1.165, 1.54) is 17.5 Å². The molecule has 1 aliphatic heterocycles. The van der Waals surface area contributed by atoms with Gasteiger partial charge >= 0.3 is 5.97 Å². The third-order valence-electron chi connectivity index (χ3n) is 1.95. The minimum absolute atomic E-state index is 0.285. The summed E-state index contributed by atoms with van der Waals surface area (Å²) < 4.78 is 5.16. The van der Waals surface area contributed by atoms with E-state index in [1.54, 1.807) is 0 Å². The van der Waals surface area contributed by atoms with Gasteiger partial charge in [-0.15, -0.1) is 11.3 Å². The van der Waals surface area contributed by atoms with Crippen molar-refractivity contribution in [2.24, 2.45) is 0 Å². The van der Waals surface area contributed by atoms with Crippen LogP contribution in [0.2, 0.25) is 0 Å². The number of thiazole rings is 1. The highest BCUT2D eigenvalue weighted by Gasteiger charge is 2.13.